The van der Waals surface area contributed by atoms with Crippen LogP contribution < -0.4 is 20.3 Å². The van der Waals surface area contributed by atoms with Crippen molar-refractivity contribution in [3.63, 3.8) is 0 Å². The average molecular weight is 961 g/mol. The minimum atomic E-state index is -1.88. The molecule has 0 radical (unpaired) electrons. The molecule has 4 aliphatic heterocycles. The number of carbonyl (C=O) groups is 7. The highest BCUT2D eigenvalue weighted by Gasteiger charge is 2.64. The second-order valence-corrected chi connectivity index (χ2v) is 18.7. The Morgan fingerprint density at radius 2 is 1.82 bits per heavy atom. The van der Waals surface area contributed by atoms with Crippen molar-refractivity contribution in [1.29, 1.82) is 0 Å². The predicted octanol–water partition coefficient (Wildman–Crippen LogP) is 3.85. The number of imide groups is 1. The van der Waals surface area contributed by atoms with Crippen LogP contribution in [0.2, 0.25) is 5.02 Å². The lowest BCUT2D eigenvalue weighted by Crippen LogP contribution is -2.63. The lowest BCUT2D eigenvalue weighted by Gasteiger charge is -2.42. The predicted molar refractivity (Wildman–Crippen MR) is 246 cm³/mol. The van der Waals surface area contributed by atoms with Crippen LogP contribution >= 0.6 is 23.4 Å². The minimum absolute atomic E-state index is 0.0980. The zero-order valence-electron chi connectivity index (χ0n) is 38.9. The molecule has 9 atom stereocenters. The zero-order valence-corrected chi connectivity index (χ0v) is 40.5. The van der Waals surface area contributed by atoms with Gasteiger partial charge in [-0.2, -0.15) is 11.8 Å². The third-order valence-electron chi connectivity index (χ3n) is 12.6. The van der Waals surface area contributed by atoms with Gasteiger partial charge in [0.2, 0.25) is 17.7 Å². The molecule has 1 aromatic carbocycles. The van der Waals surface area contributed by atoms with Gasteiger partial charge in [-0.1, -0.05) is 48.7 Å². The summed E-state index contributed by atoms with van der Waals surface area (Å²) in [6.07, 6.45) is 6.21. The van der Waals surface area contributed by atoms with Crippen LogP contribution in [-0.2, 0) is 54.1 Å². The highest BCUT2D eigenvalue weighted by atomic mass is 35.5. The first kappa shape index (κ1) is 52.0. The van der Waals surface area contributed by atoms with Crippen LogP contribution in [0.15, 0.2) is 48.1 Å². The van der Waals surface area contributed by atoms with Crippen LogP contribution in [-0.4, -0.2) is 151 Å². The molecule has 0 aliphatic carbocycles. The number of halogens is 1. The number of esters is 1. The maximum Gasteiger partial charge on any atom is 0.409 e. The monoisotopic (exact) mass is 959 g/mol. The zero-order chi connectivity index (χ0) is 48.7. The lowest BCUT2D eigenvalue weighted by atomic mass is 9.83. The van der Waals surface area contributed by atoms with Crippen molar-refractivity contribution in [2.45, 2.75) is 120 Å². The number of benzene rings is 1. The summed E-state index contributed by atoms with van der Waals surface area (Å²) in [5, 5.41) is 17.3. The molecule has 20 heteroatoms. The van der Waals surface area contributed by atoms with Gasteiger partial charge in [0.05, 0.1) is 25.3 Å². The molecule has 6 amide bonds. The number of alkyl carbamates (subject to hydrolysis) is 1. The Bertz CT molecular complexity index is 2120. The highest BCUT2D eigenvalue weighted by molar-refractivity contribution is 7.98. The number of likely N-dealkylation sites (N-methyl/N-ethyl adjacent to an activating group) is 1. The van der Waals surface area contributed by atoms with Crippen molar-refractivity contribution in [2.24, 2.45) is 5.92 Å². The lowest BCUT2D eigenvalue weighted by molar-refractivity contribution is -0.162. The normalized spacial score (nSPS) is 27.6. The maximum atomic E-state index is 14.4. The Labute approximate surface area is 394 Å². The van der Waals surface area contributed by atoms with Gasteiger partial charge in [0, 0.05) is 64.4 Å². The van der Waals surface area contributed by atoms with Gasteiger partial charge in [-0.15, -0.1) is 0 Å². The number of fused-ring (bicyclic) bond motifs is 5. The number of carbonyl (C=O) groups excluding carboxylic acids is 7. The van der Waals surface area contributed by atoms with E-state index in [1.165, 1.54) is 61.9 Å². The van der Waals surface area contributed by atoms with E-state index in [1.54, 1.807) is 51.4 Å². The van der Waals surface area contributed by atoms with Gasteiger partial charge in [-0.25, -0.2) is 9.59 Å². The average Bonchev–Trinajstić information content (AvgIpc) is 3.87. The van der Waals surface area contributed by atoms with Gasteiger partial charge in [-0.3, -0.25) is 34.2 Å². The number of aliphatic hydroxyl groups is 1. The minimum Gasteiger partial charge on any atom is -0.495 e. The number of epoxide rings is 1. The Balaban J connectivity index is 1.36. The Kier molecular flexibility index (Phi) is 17.5. The van der Waals surface area contributed by atoms with Crippen molar-refractivity contribution >= 4 is 70.6 Å². The molecular weight excluding hydrogens is 898 g/mol. The van der Waals surface area contributed by atoms with E-state index in [4.69, 9.17) is 35.3 Å². The van der Waals surface area contributed by atoms with Gasteiger partial charge < -0.3 is 43.9 Å². The smallest absolute Gasteiger partial charge is 0.409 e. The first-order valence-electron chi connectivity index (χ1n) is 21.9. The van der Waals surface area contributed by atoms with E-state index in [-0.39, 0.29) is 47.9 Å². The van der Waals surface area contributed by atoms with E-state index >= 15 is 0 Å². The van der Waals surface area contributed by atoms with E-state index in [0.717, 1.165) is 16.0 Å². The molecule has 5 rings (SSSR count). The number of anilines is 1. The SMILES string of the molecule is COc1cc2cc(c1Cl)N(C)C(=O)CC(OC(=O)C(C)N(C)C(=O)C(CSC)NC(=O)CCCCCN1C(=O)C=CC1=O)C1(C)OC1C(C)C1CC(O)(NC(=O)O1)C(OC)C=CC=C(C)C2. The van der Waals surface area contributed by atoms with Crippen LogP contribution in [0, 0.1) is 5.92 Å². The van der Waals surface area contributed by atoms with Crippen LogP contribution in [0.4, 0.5) is 10.5 Å². The Hall–Kier alpha value is -4.95. The second-order valence-electron chi connectivity index (χ2n) is 17.4. The molecule has 2 fully saturated rings. The van der Waals surface area contributed by atoms with Crippen LogP contribution in [0.5, 0.6) is 5.75 Å². The Morgan fingerprint density at radius 3 is 2.47 bits per heavy atom. The standard InChI is InChI=1S/C46H62ClN5O13S/c1-26-14-13-15-34(62-8)46(60)24-33(63-44(59)49-46)27(2)41-45(4,65-41)35(23-39(56)51(6)31-21-29(20-26)22-32(61-7)40(31)47)64-43(58)28(3)50(5)42(57)30(25-66-9)48-36(53)16-11-10-12-19-52-37(54)17-18-38(52)55/h13-15,17-18,21-22,27-28,30,33-35,41,60H,10-12,16,19-20,23-25H2,1-9H3,(H,48,53)(H,49,59). The van der Waals surface area contributed by atoms with Gasteiger partial charge >= 0.3 is 12.1 Å². The molecule has 18 nitrogen and oxygen atoms in total. The molecule has 4 aliphatic rings. The third-order valence-corrected chi connectivity index (χ3v) is 13.7. The number of allylic oxidation sites excluding steroid dienone is 3. The van der Waals surface area contributed by atoms with Crippen molar-refractivity contribution in [3.8, 4) is 5.75 Å². The van der Waals surface area contributed by atoms with E-state index in [0.29, 0.717) is 37.1 Å². The highest BCUT2D eigenvalue weighted by Crippen LogP contribution is 2.49. The van der Waals surface area contributed by atoms with E-state index < -0.39 is 84.0 Å². The molecule has 0 aromatic heterocycles. The number of amides is 6. The quantitative estimate of drug-likeness (QED) is 0.0984. The molecule has 4 heterocycles. The Morgan fingerprint density at radius 1 is 1.12 bits per heavy atom. The summed E-state index contributed by atoms with van der Waals surface area (Å²) in [4.78, 5) is 95.7. The van der Waals surface area contributed by atoms with Gasteiger partial charge in [-0.05, 0) is 64.0 Å². The largest absolute Gasteiger partial charge is 0.495 e. The van der Waals surface area contributed by atoms with Gasteiger partial charge in [0.15, 0.2) is 5.72 Å². The van der Waals surface area contributed by atoms with E-state index in [2.05, 4.69) is 10.6 Å². The van der Waals surface area contributed by atoms with Crippen molar-refractivity contribution in [3.05, 3.63) is 58.7 Å². The summed E-state index contributed by atoms with van der Waals surface area (Å²) in [6, 6.07) is 1.35. The number of rotatable bonds is 15. The fourth-order valence-electron chi connectivity index (χ4n) is 8.43. The molecule has 4 bridgehead atoms. The number of methoxy groups -OCH3 is 2. The van der Waals surface area contributed by atoms with Crippen molar-refractivity contribution in [1.82, 2.24) is 20.4 Å². The number of nitrogens with zero attached hydrogens (tertiary/aromatic N) is 3. The van der Waals surface area contributed by atoms with Crippen molar-refractivity contribution < 1.29 is 62.4 Å². The van der Waals surface area contributed by atoms with Gasteiger partial charge in [0.25, 0.3) is 11.8 Å². The molecular formula is C46H62ClN5O13S. The maximum absolute atomic E-state index is 14.4. The molecule has 2 saturated heterocycles. The number of nitrogens with one attached hydrogen (secondary N) is 2. The number of hydrogen-bond donors (Lipinski definition) is 3. The summed E-state index contributed by atoms with van der Waals surface area (Å²) < 4.78 is 29.4. The number of unbranched alkanes of at least 4 members (excludes halogenated alkanes) is 2. The van der Waals surface area contributed by atoms with Crippen LogP contribution in [0.25, 0.3) is 0 Å². The first-order chi connectivity index (χ1) is 31.2. The van der Waals surface area contributed by atoms with Crippen LogP contribution in [0.3, 0.4) is 0 Å². The van der Waals surface area contributed by atoms with Crippen molar-refractivity contribution in [2.75, 3.05) is 51.8 Å². The first-order valence-corrected chi connectivity index (χ1v) is 23.6. The summed E-state index contributed by atoms with van der Waals surface area (Å²) in [6.45, 7) is 7.06. The topological polar surface area (TPSA) is 223 Å². The third kappa shape index (κ3) is 12.1. The number of thioether (sulfide) groups is 1. The van der Waals surface area contributed by atoms with E-state index in [9.17, 15) is 38.7 Å². The fraction of sp³-hybridized carbons (Fsp3) is 0.587. The molecule has 362 valence electrons. The van der Waals surface area contributed by atoms with Crippen LogP contribution in [0.1, 0.15) is 71.8 Å². The summed E-state index contributed by atoms with van der Waals surface area (Å²) in [5.74, 6) is -3.06. The summed E-state index contributed by atoms with van der Waals surface area (Å²) in [5.41, 5.74) is -1.19. The molecule has 1 aromatic rings. The number of hydrogen-bond acceptors (Lipinski definition) is 14. The summed E-state index contributed by atoms with van der Waals surface area (Å²) >= 11 is 8.14. The summed E-state index contributed by atoms with van der Waals surface area (Å²) in [7, 11) is 5.84. The molecule has 9 unspecified atom stereocenters. The fourth-order valence-corrected chi connectivity index (χ4v) is 9.30. The number of ether oxygens (including phenoxy) is 5. The van der Waals surface area contributed by atoms with E-state index in [1.807, 2.05) is 13.0 Å². The molecule has 0 saturated carbocycles. The molecule has 3 N–H and O–H groups in total. The molecule has 66 heavy (non-hydrogen) atoms. The second kappa shape index (κ2) is 22.2. The molecule has 0 spiro atoms. The van der Waals surface area contributed by atoms with Gasteiger partial charge in [0.1, 0.15) is 46.8 Å².